The Morgan fingerprint density at radius 2 is 1.67 bits per heavy atom. The van der Waals surface area contributed by atoms with Crippen molar-refractivity contribution in [2.45, 2.75) is 12.5 Å². The van der Waals surface area contributed by atoms with E-state index in [4.69, 9.17) is 23.2 Å². The molecular formula is C17H13Cl2N3O2. The molecule has 0 aliphatic carbocycles. The Labute approximate surface area is 148 Å². The summed E-state index contributed by atoms with van der Waals surface area (Å²) in [6.45, 7) is 1.64. The lowest BCUT2D eigenvalue weighted by Crippen LogP contribution is -2.40. The first kappa shape index (κ1) is 16.5. The zero-order valence-electron chi connectivity index (χ0n) is 12.7. The van der Waals surface area contributed by atoms with E-state index in [-0.39, 0.29) is 0 Å². The molecule has 1 atom stereocenters. The van der Waals surface area contributed by atoms with Crippen molar-refractivity contribution >= 4 is 41.4 Å². The first-order valence-electron chi connectivity index (χ1n) is 7.14. The summed E-state index contributed by atoms with van der Waals surface area (Å²) in [7, 11) is 0. The lowest BCUT2D eigenvalue weighted by atomic mass is 9.92. The predicted octanol–water partition coefficient (Wildman–Crippen LogP) is 3.79. The molecule has 2 aromatic carbocycles. The molecule has 1 aliphatic rings. The second-order valence-corrected chi connectivity index (χ2v) is 6.23. The molecule has 1 saturated heterocycles. The molecule has 7 heteroatoms. The molecule has 0 aromatic heterocycles. The van der Waals surface area contributed by atoms with E-state index in [1.807, 2.05) is 6.07 Å². The average molecular weight is 362 g/mol. The number of nitrogens with zero attached hydrogens (tertiary/aromatic N) is 2. The Hall–Kier alpha value is -2.37. The quantitative estimate of drug-likeness (QED) is 0.667. The molecule has 122 valence electrons. The summed E-state index contributed by atoms with van der Waals surface area (Å²) >= 11 is 12.1. The van der Waals surface area contributed by atoms with Crippen molar-refractivity contribution in [1.82, 2.24) is 10.3 Å². The number of nitrogens with one attached hydrogen (secondary N) is 1. The third kappa shape index (κ3) is 2.77. The van der Waals surface area contributed by atoms with Gasteiger partial charge in [-0.15, -0.1) is 5.01 Å². The van der Waals surface area contributed by atoms with Crippen molar-refractivity contribution in [1.29, 1.82) is 0 Å². The topological polar surface area (TPSA) is 61.8 Å². The summed E-state index contributed by atoms with van der Waals surface area (Å²) in [6, 6.07) is 13.4. The van der Waals surface area contributed by atoms with Gasteiger partial charge in [0, 0.05) is 5.56 Å². The number of hydrazone groups is 1. The smallest absolute Gasteiger partial charge is 0.318 e. The number of hydrogen-bond donors (Lipinski definition) is 1. The van der Waals surface area contributed by atoms with Gasteiger partial charge in [0.2, 0.25) is 0 Å². The highest BCUT2D eigenvalue weighted by Gasteiger charge is 2.49. The Morgan fingerprint density at radius 3 is 2.29 bits per heavy atom. The third-order valence-corrected chi connectivity index (χ3v) is 4.48. The van der Waals surface area contributed by atoms with Crippen LogP contribution >= 0.6 is 23.2 Å². The Morgan fingerprint density at radius 1 is 1.04 bits per heavy atom. The van der Waals surface area contributed by atoms with Crippen LogP contribution in [0, 0.1) is 0 Å². The highest BCUT2D eigenvalue weighted by molar-refractivity contribution is 6.38. The van der Waals surface area contributed by atoms with Gasteiger partial charge in [0.1, 0.15) is 5.54 Å². The number of carbonyl (C=O) groups excluding carboxylic acids is 2. The van der Waals surface area contributed by atoms with E-state index in [2.05, 4.69) is 10.4 Å². The van der Waals surface area contributed by atoms with Gasteiger partial charge in [-0.25, -0.2) is 4.79 Å². The number of halogens is 2. The Balaban J connectivity index is 1.92. The van der Waals surface area contributed by atoms with Gasteiger partial charge in [-0.2, -0.15) is 5.10 Å². The minimum Gasteiger partial charge on any atom is -0.318 e. The normalized spacial score (nSPS) is 20.7. The van der Waals surface area contributed by atoms with Gasteiger partial charge in [-0.05, 0) is 24.6 Å². The van der Waals surface area contributed by atoms with Crippen LogP contribution in [0.5, 0.6) is 0 Å². The molecule has 1 aliphatic heterocycles. The zero-order chi connectivity index (χ0) is 17.3. The number of benzene rings is 2. The molecule has 0 unspecified atom stereocenters. The van der Waals surface area contributed by atoms with Crippen LogP contribution in [-0.4, -0.2) is 23.2 Å². The molecule has 0 saturated carbocycles. The lowest BCUT2D eigenvalue weighted by Gasteiger charge is -2.20. The minimum atomic E-state index is -1.17. The summed E-state index contributed by atoms with van der Waals surface area (Å²) in [5.41, 5.74) is -0.0495. The van der Waals surface area contributed by atoms with E-state index in [1.165, 1.54) is 6.21 Å². The molecule has 5 nitrogen and oxygen atoms in total. The lowest BCUT2D eigenvalue weighted by molar-refractivity contribution is -0.131. The van der Waals surface area contributed by atoms with Gasteiger partial charge in [0.15, 0.2) is 0 Å². The first-order chi connectivity index (χ1) is 11.4. The van der Waals surface area contributed by atoms with Gasteiger partial charge in [-0.3, -0.25) is 4.79 Å². The fourth-order valence-electron chi connectivity index (χ4n) is 2.45. The molecule has 0 spiro atoms. The summed E-state index contributed by atoms with van der Waals surface area (Å²) in [5.74, 6) is -0.474. The van der Waals surface area contributed by atoms with Crippen LogP contribution < -0.4 is 5.32 Å². The molecule has 3 rings (SSSR count). The third-order valence-electron chi connectivity index (χ3n) is 3.82. The van der Waals surface area contributed by atoms with Gasteiger partial charge in [0.25, 0.3) is 5.91 Å². The van der Waals surface area contributed by atoms with E-state index >= 15 is 0 Å². The molecule has 1 heterocycles. The molecule has 2 aromatic rings. The van der Waals surface area contributed by atoms with Crippen LogP contribution in [0.25, 0.3) is 0 Å². The molecule has 1 fully saturated rings. The standard InChI is InChI=1S/C17H13Cl2N3O2/c1-17(11-6-3-2-4-7-11)15(23)22(16(24)21-17)20-10-12-13(18)8-5-9-14(12)19/h2-10H,1H3,(H,21,24)/b20-10-/t17-/m0/s1. The monoisotopic (exact) mass is 361 g/mol. The number of urea groups is 1. The van der Waals surface area contributed by atoms with E-state index in [0.717, 1.165) is 5.01 Å². The van der Waals surface area contributed by atoms with Gasteiger partial charge >= 0.3 is 6.03 Å². The summed E-state index contributed by atoms with van der Waals surface area (Å²) < 4.78 is 0. The van der Waals surface area contributed by atoms with E-state index in [9.17, 15) is 9.59 Å². The fourth-order valence-corrected chi connectivity index (χ4v) is 2.94. The number of amides is 3. The maximum Gasteiger partial charge on any atom is 0.346 e. The second-order valence-electron chi connectivity index (χ2n) is 5.42. The van der Waals surface area contributed by atoms with Crippen molar-refractivity contribution in [3.05, 3.63) is 69.7 Å². The van der Waals surface area contributed by atoms with E-state index in [1.54, 1.807) is 49.4 Å². The second kappa shape index (κ2) is 6.26. The van der Waals surface area contributed by atoms with Crippen molar-refractivity contribution in [3.63, 3.8) is 0 Å². The molecule has 3 amide bonds. The van der Waals surface area contributed by atoms with Gasteiger partial charge < -0.3 is 5.32 Å². The SMILES string of the molecule is C[C@@]1(c2ccccc2)NC(=O)N(/N=C\c2c(Cl)cccc2Cl)C1=O. The summed E-state index contributed by atoms with van der Waals surface area (Å²) in [4.78, 5) is 24.9. The maximum absolute atomic E-state index is 12.7. The predicted molar refractivity (Wildman–Crippen MR) is 93.2 cm³/mol. The highest BCUT2D eigenvalue weighted by atomic mass is 35.5. The number of hydrogen-bond acceptors (Lipinski definition) is 3. The van der Waals surface area contributed by atoms with Crippen LogP contribution in [0.15, 0.2) is 53.6 Å². The van der Waals surface area contributed by atoms with Crippen molar-refractivity contribution in [2.24, 2.45) is 5.10 Å². The van der Waals surface area contributed by atoms with Crippen molar-refractivity contribution in [3.8, 4) is 0 Å². The largest absolute Gasteiger partial charge is 0.346 e. The van der Waals surface area contributed by atoms with Crippen LogP contribution in [0.4, 0.5) is 4.79 Å². The van der Waals surface area contributed by atoms with Crippen LogP contribution in [-0.2, 0) is 10.3 Å². The molecular weight excluding hydrogens is 349 g/mol. The molecule has 0 bridgehead atoms. The maximum atomic E-state index is 12.7. The van der Waals surface area contributed by atoms with Crippen LogP contribution in [0.2, 0.25) is 10.0 Å². The fraction of sp³-hybridized carbons (Fsp3) is 0.118. The van der Waals surface area contributed by atoms with Gasteiger partial charge in [-0.1, -0.05) is 59.6 Å². The Bertz CT molecular complexity index is 819. The van der Waals surface area contributed by atoms with Gasteiger partial charge in [0.05, 0.1) is 16.3 Å². The summed E-state index contributed by atoms with van der Waals surface area (Å²) in [5, 5.41) is 8.19. The Kier molecular flexibility index (Phi) is 4.30. The zero-order valence-corrected chi connectivity index (χ0v) is 14.2. The highest BCUT2D eigenvalue weighted by Crippen LogP contribution is 2.29. The minimum absolute atomic E-state index is 0.379. The van der Waals surface area contributed by atoms with Crippen LogP contribution in [0.3, 0.4) is 0 Å². The van der Waals surface area contributed by atoms with Crippen molar-refractivity contribution in [2.75, 3.05) is 0 Å². The number of carbonyl (C=O) groups is 2. The molecule has 0 radical (unpaired) electrons. The molecule has 1 N–H and O–H groups in total. The summed E-state index contributed by atoms with van der Waals surface area (Å²) in [6.07, 6.45) is 1.30. The van der Waals surface area contributed by atoms with E-state index in [0.29, 0.717) is 21.2 Å². The average Bonchev–Trinajstić information content (AvgIpc) is 2.79. The number of rotatable bonds is 3. The molecule has 24 heavy (non-hydrogen) atoms. The van der Waals surface area contributed by atoms with E-state index < -0.39 is 17.5 Å². The van der Waals surface area contributed by atoms with Crippen molar-refractivity contribution < 1.29 is 9.59 Å². The number of imide groups is 1. The first-order valence-corrected chi connectivity index (χ1v) is 7.89. The van der Waals surface area contributed by atoms with Crippen LogP contribution in [0.1, 0.15) is 18.1 Å².